The summed E-state index contributed by atoms with van der Waals surface area (Å²) in [6, 6.07) is 5.81. The van der Waals surface area contributed by atoms with Crippen molar-refractivity contribution in [3.8, 4) is 0 Å². The molecule has 0 aliphatic heterocycles. The van der Waals surface area contributed by atoms with E-state index in [1.54, 1.807) is 18.6 Å². The molecule has 0 saturated heterocycles. The molecule has 1 aliphatic rings. The fourth-order valence-electron chi connectivity index (χ4n) is 3.20. The number of pyridine rings is 2. The van der Waals surface area contributed by atoms with Gasteiger partial charge in [0.05, 0.1) is 17.3 Å². The average molecular weight is 320 g/mol. The molecule has 1 aliphatic carbocycles. The van der Waals surface area contributed by atoms with E-state index in [1.165, 1.54) is 0 Å². The maximum Gasteiger partial charge on any atom is 0.268 e. The van der Waals surface area contributed by atoms with E-state index >= 15 is 0 Å². The highest BCUT2D eigenvalue weighted by molar-refractivity contribution is 5.98. The van der Waals surface area contributed by atoms with Gasteiger partial charge in [0.1, 0.15) is 5.69 Å². The van der Waals surface area contributed by atoms with Crippen LogP contribution in [0.1, 0.15) is 46.2 Å². The molecule has 3 aromatic rings. The molecule has 3 heterocycles. The summed E-state index contributed by atoms with van der Waals surface area (Å²) in [7, 11) is 0. The number of H-pyrrole nitrogens is 1. The third-order valence-electron chi connectivity index (χ3n) is 4.69. The molecular weight excluding hydrogens is 300 g/mol. The summed E-state index contributed by atoms with van der Waals surface area (Å²) in [5, 5.41) is 4.14. The minimum Gasteiger partial charge on any atom is -0.350 e. The lowest BCUT2D eigenvalue weighted by Crippen LogP contribution is -2.31. The van der Waals surface area contributed by atoms with Crippen LogP contribution in [-0.2, 0) is 0 Å². The van der Waals surface area contributed by atoms with Crippen molar-refractivity contribution in [2.24, 2.45) is 5.92 Å². The van der Waals surface area contributed by atoms with Crippen LogP contribution in [0.5, 0.6) is 0 Å². The predicted octanol–water partition coefficient (Wildman–Crippen LogP) is 3.46. The number of aromatic amines is 1. The highest BCUT2D eigenvalue weighted by Gasteiger charge is 2.35. The van der Waals surface area contributed by atoms with Gasteiger partial charge in [0.15, 0.2) is 0 Å². The molecule has 5 heteroatoms. The maximum atomic E-state index is 12.8. The topological polar surface area (TPSA) is 70.7 Å². The fraction of sp³-hybridized carbons (Fsp3) is 0.316. The van der Waals surface area contributed by atoms with Crippen LogP contribution in [0.2, 0.25) is 0 Å². The molecule has 3 aromatic heterocycles. The number of nitrogens with zero attached hydrogens (tertiary/aromatic N) is 2. The van der Waals surface area contributed by atoms with Gasteiger partial charge in [-0.2, -0.15) is 0 Å². The number of nitrogens with one attached hydrogen (secondary N) is 2. The van der Waals surface area contributed by atoms with Crippen LogP contribution in [0.15, 0.2) is 36.8 Å². The zero-order chi connectivity index (χ0) is 16.7. The zero-order valence-electron chi connectivity index (χ0n) is 13.8. The maximum absolute atomic E-state index is 12.8. The van der Waals surface area contributed by atoms with E-state index in [-0.39, 0.29) is 11.9 Å². The van der Waals surface area contributed by atoms with E-state index < -0.39 is 0 Å². The summed E-state index contributed by atoms with van der Waals surface area (Å²) in [6.07, 6.45) is 7.64. The van der Waals surface area contributed by atoms with Crippen molar-refractivity contribution >= 4 is 16.8 Å². The predicted molar refractivity (Wildman–Crippen MR) is 92.7 cm³/mol. The van der Waals surface area contributed by atoms with Gasteiger partial charge in [-0.05, 0) is 55.9 Å². The van der Waals surface area contributed by atoms with Gasteiger partial charge in [-0.3, -0.25) is 14.8 Å². The average Bonchev–Trinajstić information content (AvgIpc) is 3.31. The molecule has 2 N–H and O–H groups in total. The highest BCUT2D eigenvalue weighted by Crippen LogP contribution is 2.41. The van der Waals surface area contributed by atoms with Crippen molar-refractivity contribution in [3.05, 3.63) is 59.3 Å². The monoisotopic (exact) mass is 320 g/mol. The first kappa shape index (κ1) is 14.9. The molecule has 1 fully saturated rings. The van der Waals surface area contributed by atoms with E-state index in [9.17, 15) is 4.79 Å². The quantitative estimate of drug-likeness (QED) is 0.773. The van der Waals surface area contributed by atoms with Crippen LogP contribution < -0.4 is 5.32 Å². The lowest BCUT2D eigenvalue weighted by atomic mass is 10.0. The number of carbonyl (C=O) groups excluding carboxylic acids is 1. The smallest absolute Gasteiger partial charge is 0.268 e. The Morgan fingerprint density at radius 2 is 2.12 bits per heavy atom. The summed E-state index contributed by atoms with van der Waals surface area (Å²) < 4.78 is 0. The van der Waals surface area contributed by atoms with Crippen LogP contribution in [0.3, 0.4) is 0 Å². The van der Waals surface area contributed by atoms with Gasteiger partial charge in [-0.15, -0.1) is 0 Å². The summed E-state index contributed by atoms with van der Waals surface area (Å²) in [4.78, 5) is 24.7. The van der Waals surface area contributed by atoms with Crippen molar-refractivity contribution in [2.45, 2.75) is 32.7 Å². The minimum absolute atomic E-state index is 0.0238. The number of fused-ring (bicyclic) bond motifs is 1. The van der Waals surface area contributed by atoms with Crippen LogP contribution in [0, 0.1) is 19.8 Å². The van der Waals surface area contributed by atoms with Crippen molar-refractivity contribution < 1.29 is 4.79 Å². The van der Waals surface area contributed by atoms with Gasteiger partial charge >= 0.3 is 0 Å². The Bertz CT molecular complexity index is 911. The first-order valence-corrected chi connectivity index (χ1v) is 8.29. The van der Waals surface area contributed by atoms with E-state index in [2.05, 4.69) is 20.3 Å². The molecule has 0 spiro atoms. The Balaban J connectivity index is 1.63. The third-order valence-corrected chi connectivity index (χ3v) is 4.69. The van der Waals surface area contributed by atoms with E-state index in [0.29, 0.717) is 11.6 Å². The van der Waals surface area contributed by atoms with Crippen molar-refractivity contribution in [3.63, 3.8) is 0 Å². The largest absolute Gasteiger partial charge is 0.350 e. The Kier molecular flexibility index (Phi) is 3.56. The molecule has 122 valence electrons. The van der Waals surface area contributed by atoms with Gasteiger partial charge < -0.3 is 10.3 Å². The van der Waals surface area contributed by atoms with E-state index in [0.717, 1.165) is 40.6 Å². The zero-order valence-corrected chi connectivity index (χ0v) is 13.8. The van der Waals surface area contributed by atoms with Gasteiger partial charge in [0.25, 0.3) is 5.91 Å². The second-order valence-corrected chi connectivity index (χ2v) is 6.60. The lowest BCUT2D eigenvalue weighted by molar-refractivity contribution is 0.0926. The van der Waals surface area contributed by atoms with E-state index in [4.69, 9.17) is 0 Å². The van der Waals surface area contributed by atoms with Crippen molar-refractivity contribution in [2.75, 3.05) is 0 Å². The standard InChI is InChI=1S/C19H20N4O/c1-11-4-3-7-21-17(11)18(13-5-6-13)23-19(24)15-8-14-10-20-9-12(2)16(14)22-15/h3-4,7-10,13,18,22H,5-6H2,1-2H3,(H,23,24). The molecule has 5 nitrogen and oxygen atoms in total. The second-order valence-electron chi connectivity index (χ2n) is 6.60. The summed E-state index contributed by atoms with van der Waals surface area (Å²) in [5.41, 5.74) is 4.66. The van der Waals surface area contributed by atoms with Crippen LogP contribution in [0.4, 0.5) is 0 Å². The van der Waals surface area contributed by atoms with Crippen molar-refractivity contribution in [1.82, 2.24) is 20.3 Å². The summed E-state index contributed by atoms with van der Waals surface area (Å²) in [6.45, 7) is 4.03. The summed E-state index contributed by atoms with van der Waals surface area (Å²) in [5.74, 6) is 0.392. The number of hydrogen-bond donors (Lipinski definition) is 2. The normalized spacial score (nSPS) is 15.4. The molecule has 1 amide bonds. The number of amides is 1. The van der Waals surface area contributed by atoms with Crippen LogP contribution >= 0.6 is 0 Å². The Labute approximate surface area is 140 Å². The highest BCUT2D eigenvalue weighted by atomic mass is 16.2. The molecule has 24 heavy (non-hydrogen) atoms. The van der Waals surface area contributed by atoms with Crippen LogP contribution in [-0.4, -0.2) is 20.9 Å². The van der Waals surface area contributed by atoms with Gasteiger partial charge in [-0.25, -0.2) is 0 Å². The molecule has 1 saturated carbocycles. The number of aryl methyl sites for hydroxylation is 2. The molecule has 4 rings (SSSR count). The minimum atomic E-state index is -0.0902. The molecule has 1 unspecified atom stereocenters. The molecular formula is C19H20N4O. The molecule has 1 atom stereocenters. The van der Waals surface area contributed by atoms with E-state index in [1.807, 2.05) is 32.0 Å². The molecule has 0 aromatic carbocycles. The molecule has 0 radical (unpaired) electrons. The van der Waals surface area contributed by atoms with Crippen molar-refractivity contribution in [1.29, 1.82) is 0 Å². The lowest BCUT2D eigenvalue weighted by Gasteiger charge is -2.19. The SMILES string of the molecule is Cc1cccnc1C(NC(=O)c1cc2cncc(C)c2[nH]1)C1CC1. The number of carbonyl (C=O) groups is 1. The fourth-order valence-corrected chi connectivity index (χ4v) is 3.20. The Morgan fingerprint density at radius 3 is 2.83 bits per heavy atom. The first-order valence-electron chi connectivity index (χ1n) is 8.29. The number of rotatable bonds is 4. The first-order chi connectivity index (χ1) is 11.6. The van der Waals surface area contributed by atoms with Gasteiger partial charge in [0, 0.05) is 24.0 Å². The summed E-state index contributed by atoms with van der Waals surface area (Å²) >= 11 is 0. The van der Waals surface area contributed by atoms with Gasteiger partial charge in [0.2, 0.25) is 0 Å². The molecule has 0 bridgehead atoms. The Morgan fingerprint density at radius 1 is 1.29 bits per heavy atom. The van der Waals surface area contributed by atoms with Crippen LogP contribution in [0.25, 0.3) is 10.9 Å². The Hall–Kier alpha value is -2.69. The third kappa shape index (κ3) is 2.66. The second kappa shape index (κ2) is 5.74. The van der Waals surface area contributed by atoms with Gasteiger partial charge in [-0.1, -0.05) is 6.07 Å². The number of aromatic nitrogens is 3. The number of hydrogen-bond acceptors (Lipinski definition) is 3.